The highest BCUT2D eigenvalue weighted by molar-refractivity contribution is 5.94. The van der Waals surface area contributed by atoms with Crippen molar-refractivity contribution >= 4 is 22.8 Å². The zero-order valence-corrected chi connectivity index (χ0v) is 16.5. The number of pyridine rings is 1. The first-order valence-electron chi connectivity index (χ1n) is 9.89. The van der Waals surface area contributed by atoms with Gasteiger partial charge in [0.15, 0.2) is 0 Å². The Hall–Kier alpha value is -4.04. The van der Waals surface area contributed by atoms with E-state index >= 15 is 0 Å². The molecule has 31 heavy (non-hydrogen) atoms. The first-order valence-corrected chi connectivity index (χ1v) is 9.89. The number of amides is 2. The number of H-pyrrole nitrogens is 1. The summed E-state index contributed by atoms with van der Waals surface area (Å²) in [6.45, 7) is 0. The zero-order chi connectivity index (χ0) is 21.5. The first kappa shape index (κ1) is 19.0. The third-order valence-electron chi connectivity index (χ3n) is 5.53. The molecule has 0 saturated carbocycles. The lowest BCUT2D eigenvalue weighted by Gasteiger charge is -2.18. The number of carbonyl (C=O) groups excluding carboxylic acids is 2. The van der Waals surface area contributed by atoms with E-state index in [9.17, 15) is 9.59 Å². The molecule has 2 atom stereocenters. The van der Waals surface area contributed by atoms with Gasteiger partial charge in [-0.1, -0.05) is 42.5 Å². The van der Waals surface area contributed by atoms with Gasteiger partial charge in [-0.2, -0.15) is 0 Å². The predicted octanol–water partition coefficient (Wildman–Crippen LogP) is 2.01. The number of primary amides is 1. The van der Waals surface area contributed by atoms with Crippen LogP contribution >= 0.6 is 0 Å². The van der Waals surface area contributed by atoms with Crippen LogP contribution in [0, 0.1) is 0 Å². The summed E-state index contributed by atoms with van der Waals surface area (Å²) < 4.78 is 0. The molecule has 8 heteroatoms. The van der Waals surface area contributed by atoms with Gasteiger partial charge < -0.3 is 21.8 Å². The fourth-order valence-corrected chi connectivity index (χ4v) is 4.15. The highest BCUT2D eigenvalue weighted by Crippen LogP contribution is 2.47. The van der Waals surface area contributed by atoms with Gasteiger partial charge in [0.2, 0.25) is 11.8 Å². The lowest BCUT2D eigenvalue weighted by atomic mass is 9.98. The number of nitrogens with two attached hydrogens (primary N) is 2. The van der Waals surface area contributed by atoms with Crippen LogP contribution in [0.25, 0.3) is 33.5 Å². The molecule has 0 saturated heterocycles. The van der Waals surface area contributed by atoms with Crippen molar-refractivity contribution in [3.8, 4) is 22.5 Å². The maximum Gasteiger partial charge on any atom is 0.238 e. The molecule has 4 aromatic rings. The third-order valence-corrected chi connectivity index (χ3v) is 5.53. The molecule has 2 aromatic carbocycles. The summed E-state index contributed by atoms with van der Waals surface area (Å²) in [5.41, 5.74) is 17.6. The van der Waals surface area contributed by atoms with Gasteiger partial charge in [0.05, 0.1) is 35.7 Å². The minimum Gasteiger partial charge on any atom is -0.370 e. The Morgan fingerprint density at radius 2 is 1.84 bits per heavy atom. The van der Waals surface area contributed by atoms with Gasteiger partial charge in [0.25, 0.3) is 0 Å². The Bertz CT molecular complexity index is 1300. The number of carbonyl (C=O) groups is 2. The molecule has 1 unspecified atom stereocenters. The summed E-state index contributed by atoms with van der Waals surface area (Å²) in [5.74, 6) is -0.310. The van der Waals surface area contributed by atoms with E-state index in [2.05, 4.69) is 15.3 Å². The number of hydrogen-bond donors (Lipinski definition) is 4. The Morgan fingerprint density at radius 3 is 2.65 bits per heavy atom. The second kappa shape index (κ2) is 7.33. The minimum atomic E-state index is -1.00. The largest absolute Gasteiger partial charge is 0.370 e. The fraction of sp³-hybridized carbons (Fsp3) is 0.130. The molecule has 154 valence electrons. The molecular formula is C23H20N6O2. The molecule has 0 fully saturated rings. The molecule has 2 heterocycles. The Labute approximate surface area is 177 Å². The van der Waals surface area contributed by atoms with Gasteiger partial charge >= 0.3 is 0 Å². The van der Waals surface area contributed by atoms with Crippen LogP contribution in [0.5, 0.6) is 0 Å². The molecule has 1 aliphatic rings. The van der Waals surface area contributed by atoms with E-state index in [0.29, 0.717) is 0 Å². The van der Waals surface area contributed by atoms with E-state index < -0.39 is 17.9 Å². The first-order chi connectivity index (χ1) is 15.0. The van der Waals surface area contributed by atoms with E-state index in [1.807, 2.05) is 48.5 Å². The number of aromatic nitrogens is 3. The van der Waals surface area contributed by atoms with E-state index in [1.165, 1.54) is 0 Å². The lowest BCUT2D eigenvalue weighted by molar-refractivity contribution is -0.126. The number of fused-ring (bicyclic) bond motifs is 4. The highest BCUT2D eigenvalue weighted by atomic mass is 16.2. The molecule has 2 amide bonds. The standard InChI is InChI=1S/C23H20N6O2/c24-16(10-19(25)30)23(31)29-21-13-5-2-1-4-12(13)20-14(21)6-3-7-15(20)22-27-17-8-9-26-11-18(17)28-22/h1-9,11,16,21H,10,24H2,(H2,25,30)(H,27,28)(H,29,31)/t16-,21?/m0/s1. The van der Waals surface area contributed by atoms with E-state index in [-0.39, 0.29) is 12.5 Å². The Balaban J connectivity index is 1.60. The maximum absolute atomic E-state index is 12.7. The molecule has 5 rings (SSSR count). The summed E-state index contributed by atoms with van der Waals surface area (Å²) in [4.78, 5) is 36.0. The minimum absolute atomic E-state index is 0.208. The number of hydrogen-bond acceptors (Lipinski definition) is 5. The van der Waals surface area contributed by atoms with Gasteiger partial charge in [-0.25, -0.2) is 4.98 Å². The molecular weight excluding hydrogens is 392 g/mol. The fourth-order valence-electron chi connectivity index (χ4n) is 4.15. The summed E-state index contributed by atoms with van der Waals surface area (Å²) >= 11 is 0. The van der Waals surface area contributed by atoms with Crippen molar-refractivity contribution < 1.29 is 9.59 Å². The SMILES string of the molecule is NC(=O)C[C@H](N)C(=O)NC1c2ccccc2-c2c(-c3nc4ccncc4[nH]3)cccc21. The molecule has 8 nitrogen and oxygen atoms in total. The highest BCUT2D eigenvalue weighted by Gasteiger charge is 2.33. The van der Waals surface area contributed by atoms with Crippen molar-refractivity contribution in [2.75, 3.05) is 0 Å². The zero-order valence-electron chi connectivity index (χ0n) is 16.5. The normalized spacial score (nSPS) is 15.3. The van der Waals surface area contributed by atoms with Gasteiger partial charge in [0, 0.05) is 11.8 Å². The quantitative estimate of drug-likeness (QED) is 0.397. The van der Waals surface area contributed by atoms with E-state index in [1.54, 1.807) is 12.4 Å². The number of nitrogens with zero attached hydrogens (tertiary/aromatic N) is 2. The van der Waals surface area contributed by atoms with Crippen molar-refractivity contribution in [2.24, 2.45) is 11.5 Å². The van der Waals surface area contributed by atoms with Crippen LogP contribution in [0.15, 0.2) is 60.9 Å². The van der Waals surface area contributed by atoms with Crippen molar-refractivity contribution in [1.29, 1.82) is 0 Å². The topological polar surface area (TPSA) is 140 Å². The summed E-state index contributed by atoms with van der Waals surface area (Å²) in [6.07, 6.45) is 3.24. The summed E-state index contributed by atoms with van der Waals surface area (Å²) in [7, 11) is 0. The molecule has 1 aliphatic carbocycles. The van der Waals surface area contributed by atoms with Crippen LogP contribution in [-0.4, -0.2) is 32.8 Å². The van der Waals surface area contributed by atoms with Crippen molar-refractivity contribution in [2.45, 2.75) is 18.5 Å². The average Bonchev–Trinajstić information content (AvgIpc) is 3.33. The van der Waals surface area contributed by atoms with Crippen LogP contribution in [0.4, 0.5) is 0 Å². The van der Waals surface area contributed by atoms with Crippen LogP contribution in [0.3, 0.4) is 0 Å². The van der Waals surface area contributed by atoms with Gasteiger partial charge in [-0.05, 0) is 28.3 Å². The van der Waals surface area contributed by atoms with E-state index in [4.69, 9.17) is 16.5 Å². The van der Waals surface area contributed by atoms with Crippen LogP contribution in [-0.2, 0) is 9.59 Å². The van der Waals surface area contributed by atoms with Gasteiger partial charge in [0.1, 0.15) is 5.82 Å². The van der Waals surface area contributed by atoms with Crippen molar-refractivity contribution in [3.05, 3.63) is 72.1 Å². The van der Waals surface area contributed by atoms with Gasteiger partial charge in [-0.15, -0.1) is 0 Å². The number of benzene rings is 2. The maximum atomic E-state index is 12.7. The van der Waals surface area contributed by atoms with E-state index in [0.717, 1.165) is 44.7 Å². The molecule has 0 radical (unpaired) electrons. The van der Waals surface area contributed by atoms with Crippen molar-refractivity contribution in [1.82, 2.24) is 20.3 Å². The third kappa shape index (κ3) is 3.23. The molecule has 2 aromatic heterocycles. The Kier molecular flexibility index (Phi) is 4.48. The second-order valence-electron chi connectivity index (χ2n) is 7.55. The molecule has 6 N–H and O–H groups in total. The number of rotatable bonds is 5. The molecule has 0 aliphatic heterocycles. The summed E-state index contributed by atoms with van der Waals surface area (Å²) in [5, 5.41) is 2.99. The monoisotopic (exact) mass is 412 g/mol. The number of aromatic amines is 1. The second-order valence-corrected chi connectivity index (χ2v) is 7.55. The van der Waals surface area contributed by atoms with Gasteiger partial charge in [-0.3, -0.25) is 14.6 Å². The van der Waals surface area contributed by atoms with Crippen LogP contribution < -0.4 is 16.8 Å². The number of nitrogens with one attached hydrogen (secondary N) is 2. The predicted molar refractivity (Wildman–Crippen MR) is 117 cm³/mol. The summed E-state index contributed by atoms with van der Waals surface area (Å²) in [6, 6.07) is 14.3. The smallest absolute Gasteiger partial charge is 0.238 e. The lowest BCUT2D eigenvalue weighted by Crippen LogP contribution is -2.44. The van der Waals surface area contributed by atoms with Crippen molar-refractivity contribution in [3.63, 3.8) is 0 Å². The molecule has 0 bridgehead atoms. The van der Waals surface area contributed by atoms with Crippen LogP contribution in [0.2, 0.25) is 0 Å². The molecule has 0 spiro atoms. The number of imidazole rings is 1. The Morgan fingerprint density at radius 1 is 1.06 bits per heavy atom. The average molecular weight is 412 g/mol. The van der Waals surface area contributed by atoms with Crippen LogP contribution in [0.1, 0.15) is 23.6 Å².